The smallest absolute Gasteiger partial charge is 0.306 e. The number of nitrogens with one attached hydrogen (secondary N) is 1. The molecule has 2 aliphatic rings. The highest BCUT2D eigenvalue weighted by Crippen LogP contribution is 2.46. The van der Waals surface area contributed by atoms with Crippen molar-refractivity contribution in [3.63, 3.8) is 0 Å². The maximum atomic E-state index is 13.5. The number of carbonyl (C=O) groups is 1. The molecule has 0 aromatic rings. The predicted octanol–water partition coefficient (Wildman–Crippen LogP) is 1.37. The average molecular weight is 242 g/mol. The molecule has 0 spiro atoms. The summed E-state index contributed by atoms with van der Waals surface area (Å²) in [6.07, 6.45) is 0.206. The van der Waals surface area contributed by atoms with Gasteiger partial charge in [0.15, 0.2) is 0 Å². The molecule has 1 saturated heterocycles. The zero-order valence-corrected chi connectivity index (χ0v) is 8.90. The van der Waals surface area contributed by atoms with Gasteiger partial charge in [0.05, 0.1) is 5.92 Å². The Kier molecular flexibility index (Phi) is 3.55. The fourth-order valence-electron chi connectivity index (χ4n) is 2.50. The van der Waals surface area contributed by atoms with Crippen molar-refractivity contribution >= 4 is 18.4 Å². The van der Waals surface area contributed by atoms with Gasteiger partial charge in [0.25, 0.3) is 5.92 Å². The Bertz CT molecular complexity index is 246. The molecular formula is C9H14ClF2NO2. The van der Waals surface area contributed by atoms with Gasteiger partial charge >= 0.3 is 5.97 Å². The van der Waals surface area contributed by atoms with Crippen molar-refractivity contribution in [3.05, 3.63) is 0 Å². The molecule has 1 unspecified atom stereocenters. The Labute approximate surface area is 92.6 Å². The zero-order chi connectivity index (χ0) is 10.3. The number of hydrogen-bond donors (Lipinski definition) is 2. The van der Waals surface area contributed by atoms with Crippen LogP contribution in [0.2, 0.25) is 0 Å². The third kappa shape index (κ3) is 2.08. The van der Waals surface area contributed by atoms with Gasteiger partial charge in [-0.3, -0.25) is 4.79 Å². The second kappa shape index (κ2) is 4.22. The lowest BCUT2D eigenvalue weighted by atomic mass is 9.70. The minimum Gasteiger partial charge on any atom is -0.481 e. The molecule has 6 heteroatoms. The quantitative estimate of drug-likeness (QED) is 0.729. The first-order chi connectivity index (χ1) is 6.51. The number of fused-ring (bicyclic) bond motifs is 2. The highest BCUT2D eigenvalue weighted by Gasteiger charge is 2.54. The molecule has 88 valence electrons. The summed E-state index contributed by atoms with van der Waals surface area (Å²) in [5, 5.41) is 11.7. The topological polar surface area (TPSA) is 49.3 Å². The Morgan fingerprint density at radius 3 is 2.13 bits per heavy atom. The van der Waals surface area contributed by atoms with Crippen molar-refractivity contribution in [1.29, 1.82) is 0 Å². The third-order valence-corrected chi connectivity index (χ3v) is 3.36. The number of halogens is 3. The summed E-state index contributed by atoms with van der Waals surface area (Å²) in [7, 11) is 0. The minimum absolute atomic E-state index is 0. The zero-order valence-electron chi connectivity index (χ0n) is 8.08. The van der Waals surface area contributed by atoms with Crippen LogP contribution in [0.3, 0.4) is 0 Å². The Hall–Kier alpha value is -0.420. The molecule has 1 aliphatic heterocycles. The van der Waals surface area contributed by atoms with Gasteiger partial charge < -0.3 is 10.4 Å². The van der Waals surface area contributed by atoms with Crippen molar-refractivity contribution in [2.24, 2.45) is 17.8 Å². The first-order valence-electron chi connectivity index (χ1n) is 4.83. The molecule has 0 aromatic heterocycles. The number of aliphatic carboxylic acids is 1. The maximum absolute atomic E-state index is 13.5. The van der Waals surface area contributed by atoms with Crippen LogP contribution in [-0.4, -0.2) is 30.1 Å². The standard InChI is InChI=1S/C9H13F2NO2.ClH/c10-9(11)6-1-5(8(13)14)2-7(9)4-12-3-6;/h5-7,12H,1-4H2,(H,13,14);1H/t5?,6-,7+;. The summed E-state index contributed by atoms with van der Waals surface area (Å²) in [6.45, 7) is 0.487. The van der Waals surface area contributed by atoms with Crippen LogP contribution < -0.4 is 5.32 Å². The molecular weight excluding hydrogens is 228 g/mol. The van der Waals surface area contributed by atoms with Crippen LogP contribution in [-0.2, 0) is 4.79 Å². The summed E-state index contributed by atoms with van der Waals surface area (Å²) in [5.74, 6) is -5.77. The monoisotopic (exact) mass is 241 g/mol. The van der Waals surface area contributed by atoms with Gasteiger partial charge in [0, 0.05) is 24.9 Å². The molecule has 2 bridgehead atoms. The maximum Gasteiger partial charge on any atom is 0.306 e. The van der Waals surface area contributed by atoms with Crippen LogP contribution in [0.4, 0.5) is 8.78 Å². The highest BCUT2D eigenvalue weighted by atomic mass is 35.5. The Morgan fingerprint density at radius 1 is 1.27 bits per heavy atom. The molecule has 2 rings (SSSR count). The minimum atomic E-state index is -2.67. The van der Waals surface area contributed by atoms with E-state index in [0.717, 1.165) is 0 Å². The van der Waals surface area contributed by atoms with Crippen molar-refractivity contribution in [3.8, 4) is 0 Å². The third-order valence-electron chi connectivity index (χ3n) is 3.36. The molecule has 2 fully saturated rings. The summed E-state index contributed by atoms with van der Waals surface area (Å²) in [5.41, 5.74) is 0. The molecule has 0 radical (unpaired) electrons. The van der Waals surface area contributed by atoms with Crippen molar-refractivity contribution < 1.29 is 18.7 Å². The van der Waals surface area contributed by atoms with Gasteiger partial charge in [-0.1, -0.05) is 0 Å². The molecule has 3 nitrogen and oxygen atoms in total. The molecule has 2 N–H and O–H groups in total. The van der Waals surface area contributed by atoms with E-state index < -0.39 is 29.6 Å². The fraction of sp³-hybridized carbons (Fsp3) is 0.889. The second-order valence-electron chi connectivity index (χ2n) is 4.23. The van der Waals surface area contributed by atoms with E-state index in [0.29, 0.717) is 0 Å². The van der Waals surface area contributed by atoms with E-state index >= 15 is 0 Å². The molecule has 0 aromatic carbocycles. The summed E-state index contributed by atoms with van der Waals surface area (Å²) < 4.78 is 27.0. The van der Waals surface area contributed by atoms with Gasteiger partial charge in [-0.2, -0.15) is 0 Å². The lowest BCUT2D eigenvalue weighted by Crippen LogP contribution is -2.56. The van der Waals surface area contributed by atoms with Crippen molar-refractivity contribution in [1.82, 2.24) is 5.32 Å². The van der Waals surface area contributed by atoms with Crippen LogP contribution in [0, 0.1) is 17.8 Å². The van der Waals surface area contributed by atoms with Crippen LogP contribution in [0.15, 0.2) is 0 Å². The number of rotatable bonds is 1. The van der Waals surface area contributed by atoms with E-state index in [1.165, 1.54) is 0 Å². The predicted molar refractivity (Wildman–Crippen MR) is 52.4 cm³/mol. The number of hydrogen-bond acceptors (Lipinski definition) is 2. The number of carboxylic acids is 1. The molecule has 1 aliphatic carbocycles. The van der Waals surface area contributed by atoms with Gasteiger partial charge in [-0.05, 0) is 12.8 Å². The van der Waals surface area contributed by atoms with Crippen molar-refractivity contribution in [2.45, 2.75) is 18.8 Å². The van der Waals surface area contributed by atoms with E-state index in [9.17, 15) is 13.6 Å². The number of carboxylic acid groups (broad SMARTS) is 1. The molecule has 3 atom stereocenters. The van der Waals surface area contributed by atoms with Crippen molar-refractivity contribution in [2.75, 3.05) is 13.1 Å². The lowest BCUT2D eigenvalue weighted by Gasteiger charge is -2.44. The summed E-state index contributed by atoms with van der Waals surface area (Å²) >= 11 is 0. The fourth-order valence-corrected chi connectivity index (χ4v) is 2.50. The first kappa shape index (κ1) is 12.6. The SMILES string of the molecule is Cl.O=C(O)C1C[C@H]2CNC[C@@H](C1)C2(F)F. The summed E-state index contributed by atoms with van der Waals surface area (Å²) in [4.78, 5) is 10.7. The van der Waals surface area contributed by atoms with Gasteiger partial charge in [-0.25, -0.2) is 8.78 Å². The van der Waals surface area contributed by atoms with E-state index in [1.54, 1.807) is 0 Å². The molecule has 0 amide bonds. The summed E-state index contributed by atoms with van der Waals surface area (Å²) in [6, 6.07) is 0. The van der Waals surface area contributed by atoms with Crippen LogP contribution in [0.25, 0.3) is 0 Å². The highest BCUT2D eigenvalue weighted by molar-refractivity contribution is 5.85. The van der Waals surface area contributed by atoms with Gasteiger partial charge in [-0.15, -0.1) is 12.4 Å². The van der Waals surface area contributed by atoms with E-state index in [-0.39, 0.29) is 38.3 Å². The van der Waals surface area contributed by atoms with Crippen LogP contribution in [0.5, 0.6) is 0 Å². The number of alkyl halides is 2. The van der Waals surface area contributed by atoms with E-state index in [1.807, 2.05) is 0 Å². The number of piperidine rings is 1. The Morgan fingerprint density at radius 2 is 1.73 bits per heavy atom. The normalized spacial score (nSPS) is 37.9. The Balaban J connectivity index is 0.00000112. The molecule has 15 heavy (non-hydrogen) atoms. The first-order valence-corrected chi connectivity index (χ1v) is 4.83. The lowest BCUT2D eigenvalue weighted by molar-refractivity contribution is -0.171. The largest absolute Gasteiger partial charge is 0.481 e. The van der Waals surface area contributed by atoms with E-state index in [4.69, 9.17) is 5.11 Å². The van der Waals surface area contributed by atoms with Crippen LogP contribution in [0.1, 0.15) is 12.8 Å². The second-order valence-corrected chi connectivity index (χ2v) is 4.23. The molecule has 1 saturated carbocycles. The van der Waals surface area contributed by atoms with Gasteiger partial charge in [0.2, 0.25) is 0 Å². The van der Waals surface area contributed by atoms with Gasteiger partial charge in [0.1, 0.15) is 0 Å². The average Bonchev–Trinajstić information content (AvgIpc) is 2.00. The van der Waals surface area contributed by atoms with E-state index in [2.05, 4.69) is 5.32 Å². The molecule has 1 heterocycles. The van der Waals surface area contributed by atoms with Crippen LogP contribution >= 0.6 is 12.4 Å².